The molecular formula is C37H89NO11Si8. The average Bonchev–Trinajstić information content (AvgIpc) is 2.92. The Morgan fingerprint density at radius 2 is 0.947 bits per heavy atom. The highest BCUT2D eigenvalue weighted by Gasteiger charge is 2.54. The maximum Gasteiger partial charge on any atom is 0.186 e. The zero-order chi connectivity index (χ0) is 44.8. The highest BCUT2D eigenvalue weighted by atomic mass is 28.4. The molecule has 1 fully saturated rings. The van der Waals surface area contributed by atoms with Crippen molar-refractivity contribution in [3.05, 3.63) is 0 Å². The molecule has 1 saturated heterocycles. The molecule has 0 spiro atoms. The van der Waals surface area contributed by atoms with Crippen LogP contribution in [0.3, 0.4) is 0 Å². The molecule has 8 atom stereocenters. The van der Waals surface area contributed by atoms with Gasteiger partial charge in [-0.3, -0.25) is 0 Å². The number of ether oxygens (including phenoxy) is 2. The van der Waals surface area contributed by atoms with E-state index in [2.05, 4.69) is 162 Å². The molecule has 1 rings (SSSR count). The quantitative estimate of drug-likeness (QED) is 0.0495. The van der Waals surface area contributed by atoms with Gasteiger partial charge in [0.15, 0.2) is 72.8 Å². The van der Waals surface area contributed by atoms with Gasteiger partial charge in [0.25, 0.3) is 0 Å². The van der Waals surface area contributed by atoms with E-state index in [9.17, 15) is 0 Å². The van der Waals surface area contributed by atoms with Crippen molar-refractivity contribution >= 4 is 72.3 Å². The van der Waals surface area contributed by atoms with Crippen LogP contribution < -0.4 is 0 Å². The molecule has 0 aromatic rings. The molecule has 0 radical (unpaired) electrons. The van der Waals surface area contributed by atoms with Crippen LogP contribution in [0.1, 0.15) is 0 Å². The molecule has 8 unspecified atom stereocenters. The summed E-state index contributed by atoms with van der Waals surface area (Å²) in [5.74, 6) is 0. The second-order valence-electron chi connectivity index (χ2n) is 23.2. The van der Waals surface area contributed by atoms with E-state index < -0.39 is 116 Å². The van der Waals surface area contributed by atoms with E-state index in [1.807, 2.05) is 0 Å². The Kier molecular flexibility index (Phi) is 21.0. The molecule has 20 heteroatoms. The molecule has 0 aliphatic carbocycles. The van der Waals surface area contributed by atoms with Gasteiger partial charge in [-0.25, -0.2) is 0 Å². The smallest absolute Gasteiger partial charge is 0.186 e. The standard InChI is InChI=1S/C37H89NO11Si8/c1-39-38-29(26-40-50(2,3)4)32(46-54(14,15)16)33(31(45-53(11,12)13)28-42-52(8,9)10)44-37-36(49-57(23,24)25)35(48-56(20,21)22)34(47-55(17,18)19)30(43-37)27-41-51(5,6)7/h30-37H,26-28H2,1-25H3. The third-order valence-electron chi connectivity index (χ3n) is 7.55. The summed E-state index contributed by atoms with van der Waals surface area (Å²) >= 11 is 0. The van der Waals surface area contributed by atoms with Gasteiger partial charge in [0, 0.05) is 0 Å². The second-order valence-corrected chi connectivity index (χ2v) is 59.0. The Morgan fingerprint density at radius 1 is 0.509 bits per heavy atom. The van der Waals surface area contributed by atoms with Gasteiger partial charge in [0.1, 0.15) is 49.4 Å². The molecule has 57 heavy (non-hydrogen) atoms. The molecule has 0 saturated carbocycles. The average molecular weight is 949 g/mol. The van der Waals surface area contributed by atoms with E-state index >= 15 is 0 Å². The molecule has 0 N–H and O–H groups in total. The van der Waals surface area contributed by atoms with E-state index in [0.717, 1.165) is 0 Å². The van der Waals surface area contributed by atoms with Crippen LogP contribution in [-0.4, -0.2) is 148 Å². The molecule has 0 aromatic heterocycles. The van der Waals surface area contributed by atoms with E-state index in [1.54, 1.807) is 7.11 Å². The molecule has 0 bridgehead atoms. The van der Waals surface area contributed by atoms with Crippen molar-refractivity contribution in [3.8, 4) is 0 Å². The number of nitrogens with zero attached hydrogens (tertiary/aromatic N) is 1. The van der Waals surface area contributed by atoms with Crippen LogP contribution in [0.15, 0.2) is 5.16 Å². The summed E-state index contributed by atoms with van der Waals surface area (Å²) in [6.07, 6.45) is -5.00. The molecule has 1 aliphatic rings. The molecule has 12 nitrogen and oxygen atoms in total. The zero-order valence-electron chi connectivity index (χ0n) is 41.2. The van der Waals surface area contributed by atoms with Crippen molar-refractivity contribution in [2.24, 2.45) is 5.16 Å². The number of oxime groups is 1. The predicted molar refractivity (Wildman–Crippen MR) is 257 cm³/mol. The third-order valence-corrected chi connectivity index (χ3v) is 15.5. The van der Waals surface area contributed by atoms with Gasteiger partial charge in [0.05, 0.1) is 25.9 Å². The van der Waals surface area contributed by atoms with Gasteiger partial charge in [0.2, 0.25) is 0 Å². The second kappa shape index (κ2) is 21.5. The van der Waals surface area contributed by atoms with Crippen molar-refractivity contribution < 1.29 is 49.7 Å². The van der Waals surface area contributed by atoms with Crippen LogP contribution in [0.25, 0.3) is 0 Å². The molecule has 0 aromatic carbocycles. The molecular weight excluding hydrogens is 859 g/mol. The lowest BCUT2D eigenvalue weighted by Crippen LogP contribution is -2.68. The highest BCUT2D eigenvalue weighted by Crippen LogP contribution is 2.37. The van der Waals surface area contributed by atoms with Gasteiger partial charge in [-0.2, -0.15) is 0 Å². The van der Waals surface area contributed by atoms with Crippen LogP contribution in [-0.2, 0) is 49.7 Å². The summed E-state index contributed by atoms with van der Waals surface area (Å²) in [7, 11) is -15.6. The first-order valence-electron chi connectivity index (χ1n) is 20.9. The van der Waals surface area contributed by atoms with Crippen LogP contribution in [0, 0.1) is 0 Å². The van der Waals surface area contributed by atoms with Gasteiger partial charge >= 0.3 is 0 Å². The fraction of sp³-hybridized carbons (Fsp3) is 0.973. The molecule has 0 amide bonds. The topological polar surface area (TPSA) is 114 Å². The fourth-order valence-electron chi connectivity index (χ4n) is 5.85. The molecule has 340 valence electrons. The SMILES string of the molecule is CON=C(CO[Si](C)(C)C)C(O[Si](C)(C)C)C(OC1OC(CO[Si](C)(C)C)C(O[Si](C)(C)C)C(O[Si](C)(C)C)C1O[Si](C)(C)C)C(CO[Si](C)(C)C)O[Si](C)(C)C. The molecule has 1 heterocycles. The van der Waals surface area contributed by atoms with Gasteiger partial charge in [-0.1, -0.05) is 5.16 Å². The summed E-state index contributed by atoms with van der Waals surface area (Å²) in [6, 6.07) is 0. The lowest BCUT2D eigenvalue weighted by atomic mass is 9.98. The lowest BCUT2D eigenvalue weighted by molar-refractivity contribution is -0.312. The Balaban J connectivity index is 4.36. The zero-order valence-corrected chi connectivity index (χ0v) is 49.2. The summed E-state index contributed by atoms with van der Waals surface area (Å²) in [5, 5.41) is 4.62. The lowest BCUT2D eigenvalue weighted by Gasteiger charge is -2.52. The fourth-order valence-corrected chi connectivity index (χ4v) is 13.1. The Morgan fingerprint density at radius 3 is 1.35 bits per heavy atom. The first-order valence-corrected chi connectivity index (χ1v) is 48.2. The summed E-state index contributed by atoms with van der Waals surface area (Å²) in [4.78, 5) is 5.56. The normalized spacial score (nSPS) is 24.4. The van der Waals surface area contributed by atoms with E-state index in [4.69, 9.17) is 49.7 Å². The van der Waals surface area contributed by atoms with Crippen molar-refractivity contribution in [1.29, 1.82) is 0 Å². The van der Waals surface area contributed by atoms with Gasteiger partial charge < -0.3 is 49.7 Å². The minimum Gasteiger partial charge on any atom is -0.415 e. The highest BCUT2D eigenvalue weighted by molar-refractivity contribution is 6.72. The monoisotopic (exact) mass is 947 g/mol. The Labute approximate surface area is 358 Å². The maximum absolute atomic E-state index is 7.55. The molecule has 1 aliphatic heterocycles. The van der Waals surface area contributed by atoms with Crippen LogP contribution in [0.2, 0.25) is 157 Å². The summed E-state index contributed by atoms with van der Waals surface area (Å²) in [5.41, 5.74) is 0.594. The maximum atomic E-state index is 7.55. The van der Waals surface area contributed by atoms with Crippen molar-refractivity contribution in [3.63, 3.8) is 0 Å². The Bertz CT molecular complexity index is 1230. The van der Waals surface area contributed by atoms with Crippen LogP contribution in [0.4, 0.5) is 0 Å². The largest absolute Gasteiger partial charge is 0.415 e. The van der Waals surface area contributed by atoms with Crippen LogP contribution in [0.5, 0.6) is 0 Å². The third kappa shape index (κ3) is 24.9. The van der Waals surface area contributed by atoms with Crippen LogP contribution >= 0.6 is 0 Å². The minimum absolute atomic E-state index is 0.216. The van der Waals surface area contributed by atoms with Crippen molar-refractivity contribution in [2.75, 3.05) is 26.9 Å². The van der Waals surface area contributed by atoms with E-state index in [0.29, 0.717) is 18.9 Å². The van der Waals surface area contributed by atoms with Gasteiger partial charge in [-0.15, -0.1) is 0 Å². The summed E-state index contributed by atoms with van der Waals surface area (Å²) < 4.78 is 70.4. The van der Waals surface area contributed by atoms with E-state index in [-0.39, 0.29) is 6.61 Å². The number of hydrogen-bond acceptors (Lipinski definition) is 12. The van der Waals surface area contributed by atoms with Crippen molar-refractivity contribution in [1.82, 2.24) is 0 Å². The first kappa shape index (κ1) is 55.8. The van der Waals surface area contributed by atoms with Gasteiger partial charge in [-0.05, 0) is 157 Å². The Hall–Kier alpha value is 0.805. The first-order chi connectivity index (χ1) is 25.2. The number of rotatable bonds is 25. The number of hydrogen-bond donors (Lipinski definition) is 0. The van der Waals surface area contributed by atoms with E-state index in [1.165, 1.54) is 0 Å². The minimum atomic E-state index is -2.32. The predicted octanol–water partition coefficient (Wildman–Crippen LogP) is 9.75. The summed E-state index contributed by atoms with van der Waals surface area (Å²) in [6.45, 7) is 53.3. The van der Waals surface area contributed by atoms with Crippen molar-refractivity contribution in [2.45, 2.75) is 206 Å².